The lowest BCUT2D eigenvalue weighted by atomic mass is 9.97. The van der Waals surface area contributed by atoms with Gasteiger partial charge >= 0.3 is 0 Å². The van der Waals surface area contributed by atoms with Gasteiger partial charge in [-0.1, -0.05) is 41.4 Å². The summed E-state index contributed by atoms with van der Waals surface area (Å²) in [4.78, 5) is 4.58. The molecule has 2 N–H and O–H groups in total. The average molecular weight is 314 g/mol. The number of aromatic nitrogens is 1. The Kier molecular flexibility index (Phi) is 3.32. The van der Waals surface area contributed by atoms with Gasteiger partial charge in [0.2, 0.25) is 0 Å². The molecule has 1 heterocycles. The Hall–Kier alpha value is -0.800. The van der Waals surface area contributed by atoms with Gasteiger partial charge < -0.3 is 5.73 Å². The van der Waals surface area contributed by atoms with E-state index in [0.29, 0.717) is 10.9 Å². The molecule has 0 atom stereocenters. The Bertz CT molecular complexity index is 594. The molecular weight excluding hydrogens is 300 g/mol. The molecule has 0 aliphatic rings. The highest BCUT2D eigenvalue weighted by atomic mass is 79.9. The molecule has 0 spiro atoms. The van der Waals surface area contributed by atoms with E-state index in [1.807, 2.05) is 19.1 Å². The molecule has 1 aromatic carbocycles. The zero-order chi connectivity index (χ0) is 12.7. The SMILES string of the molecule is Cc1nc2c(Cl)ccc(Br)c2c(N)c1C(C)C. The van der Waals surface area contributed by atoms with E-state index in [0.717, 1.165) is 32.3 Å². The smallest absolute Gasteiger partial charge is 0.0923 e. The van der Waals surface area contributed by atoms with Gasteiger partial charge in [-0.25, -0.2) is 0 Å². The molecule has 2 nitrogen and oxygen atoms in total. The fourth-order valence-corrected chi connectivity index (χ4v) is 2.93. The zero-order valence-electron chi connectivity index (χ0n) is 10.0. The van der Waals surface area contributed by atoms with Crippen LogP contribution in [0, 0.1) is 6.92 Å². The van der Waals surface area contributed by atoms with Crippen LogP contribution in [0.25, 0.3) is 10.9 Å². The first-order valence-corrected chi connectivity index (χ1v) is 6.64. The highest BCUT2D eigenvalue weighted by Gasteiger charge is 2.16. The van der Waals surface area contributed by atoms with Crippen molar-refractivity contribution in [3.05, 3.63) is 32.9 Å². The van der Waals surface area contributed by atoms with Crippen LogP contribution in [-0.2, 0) is 0 Å². The van der Waals surface area contributed by atoms with Crippen LogP contribution in [0.2, 0.25) is 5.02 Å². The van der Waals surface area contributed by atoms with E-state index < -0.39 is 0 Å². The number of hydrogen-bond donors (Lipinski definition) is 1. The largest absolute Gasteiger partial charge is 0.398 e. The third-order valence-corrected chi connectivity index (χ3v) is 3.85. The predicted octanol–water partition coefficient (Wildman–Crippen LogP) is 4.66. The topological polar surface area (TPSA) is 38.9 Å². The number of aryl methyl sites for hydroxylation is 1. The van der Waals surface area contributed by atoms with Gasteiger partial charge in [0, 0.05) is 21.2 Å². The Labute approximate surface area is 114 Å². The summed E-state index contributed by atoms with van der Waals surface area (Å²) in [6.45, 7) is 6.21. The molecule has 0 aliphatic heterocycles. The summed E-state index contributed by atoms with van der Waals surface area (Å²) in [7, 11) is 0. The molecule has 0 amide bonds. The van der Waals surface area contributed by atoms with E-state index in [-0.39, 0.29) is 0 Å². The van der Waals surface area contributed by atoms with Gasteiger partial charge in [-0.2, -0.15) is 0 Å². The monoisotopic (exact) mass is 312 g/mol. The standard InChI is InChI=1S/C13H14BrClN2/c1-6(2)10-7(3)17-13-9(15)5-4-8(14)11(13)12(10)16/h4-6H,1-3H3,(H2,16,17). The summed E-state index contributed by atoms with van der Waals surface area (Å²) in [6.07, 6.45) is 0. The number of nitrogens with zero attached hydrogens (tertiary/aromatic N) is 1. The summed E-state index contributed by atoms with van der Waals surface area (Å²) in [5, 5.41) is 1.54. The molecule has 2 aromatic rings. The molecule has 0 unspecified atom stereocenters. The number of nitrogens with two attached hydrogens (primary N) is 1. The van der Waals surface area contributed by atoms with Crippen molar-refractivity contribution < 1.29 is 0 Å². The van der Waals surface area contributed by atoms with Crippen LogP contribution in [0.1, 0.15) is 31.0 Å². The minimum Gasteiger partial charge on any atom is -0.398 e. The number of nitrogen functional groups attached to an aromatic ring is 1. The van der Waals surface area contributed by atoms with Gasteiger partial charge in [-0.15, -0.1) is 0 Å². The van der Waals surface area contributed by atoms with Crippen LogP contribution < -0.4 is 5.73 Å². The van der Waals surface area contributed by atoms with Crippen LogP contribution >= 0.6 is 27.5 Å². The maximum absolute atomic E-state index is 6.26. The molecule has 1 aromatic heterocycles. The lowest BCUT2D eigenvalue weighted by molar-refractivity contribution is 0.851. The summed E-state index contributed by atoms with van der Waals surface area (Å²) in [6, 6.07) is 3.73. The van der Waals surface area contributed by atoms with Crippen molar-refractivity contribution in [1.29, 1.82) is 0 Å². The van der Waals surface area contributed by atoms with Crippen molar-refractivity contribution in [1.82, 2.24) is 4.98 Å². The molecule has 0 fully saturated rings. The van der Waals surface area contributed by atoms with Gasteiger partial charge in [0.25, 0.3) is 0 Å². The van der Waals surface area contributed by atoms with Crippen LogP contribution in [0.3, 0.4) is 0 Å². The third kappa shape index (κ3) is 2.02. The maximum Gasteiger partial charge on any atom is 0.0923 e. The number of hydrogen-bond acceptors (Lipinski definition) is 2. The van der Waals surface area contributed by atoms with E-state index in [4.69, 9.17) is 17.3 Å². The second-order valence-corrected chi connectivity index (χ2v) is 5.69. The molecule has 0 aliphatic carbocycles. The molecule has 0 saturated heterocycles. The number of rotatable bonds is 1. The fourth-order valence-electron chi connectivity index (χ4n) is 2.19. The van der Waals surface area contributed by atoms with Gasteiger partial charge in [-0.3, -0.25) is 4.98 Å². The summed E-state index contributed by atoms with van der Waals surface area (Å²) in [5.41, 5.74) is 9.85. The quantitative estimate of drug-likeness (QED) is 0.831. The van der Waals surface area contributed by atoms with Crippen molar-refractivity contribution >= 4 is 44.1 Å². The summed E-state index contributed by atoms with van der Waals surface area (Å²) < 4.78 is 0.934. The maximum atomic E-state index is 6.26. The van der Waals surface area contributed by atoms with Gasteiger partial charge in [0.1, 0.15) is 0 Å². The molecule has 0 saturated carbocycles. The van der Waals surface area contributed by atoms with E-state index in [2.05, 4.69) is 34.8 Å². The van der Waals surface area contributed by atoms with Crippen molar-refractivity contribution in [2.75, 3.05) is 5.73 Å². The Morgan fingerprint density at radius 2 is 2.00 bits per heavy atom. The average Bonchev–Trinajstić information content (AvgIpc) is 2.22. The first-order valence-electron chi connectivity index (χ1n) is 5.47. The lowest BCUT2D eigenvalue weighted by Crippen LogP contribution is -2.04. The van der Waals surface area contributed by atoms with Crippen LogP contribution in [0.5, 0.6) is 0 Å². The van der Waals surface area contributed by atoms with E-state index in [9.17, 15) is 0 Å². The molecule has 0 radical (unpaired) electrons. The highest BCUT2D eigenvalue weighted by molar-refractivity contribution is 9.10. The summed E-state index contributed by atoms with van der Waals surface area (Å²) >= 11 is 9.68. The second kappa shape index (κ2) is 4.46. The minimum absolute atomic E-state index is 0.345. The number of benzene rings is 1. The predicted molar refractivity (Wildman–Crippen MR) is 77.7 cm³/mol. The zero-order valence-corrected chi connectivity index (χ0v) is 12.4. The van der Waals surface area contributed by atoms with Gasteiger partial charge in [-0.05, 0) is 30.5 Å². The van der Waals surface area contributed by atoms with Crippen LogP contribution in [-0.4, -0.2) is 4.98 Å². The highest BCUT2D eigenvalue weighted by Crippen LogP contribution is 2.37. The Morgan fingerprint density at radius 3 is 2.59 bits per heavy atom. The number of halogens is 2. The number of pyridine rings is 1. The molecular formula is C13H14BrClN2. The van der Waals surface area contributed by atoms with Gasteiger partial charge in [0.05, 0.1) is 10.5 Å². The Balaban J connectivity index is 2.97. The van der Waals surface area contributed by atoms with Crippen molar-refractivity contribution in [2.24, 2.45) is 0 Å². The Morgan fingerprint density at radius 1 is 1.35 bits per heavy atom. The molecule has 90 valence electrons. The third-order valence-electron chi connectivity index (χ3n) is 2.88. The first-order chi connectivity index (χ1) is 7.93. The van der Waals surface area contributed by atoms with E-state index in [1.54, 1.807) is 0 Å². The van der Waals surface area contributed by atoms with E-state index >= 15 is 0 Å². The molecule has 2 rings (SSSR count). The minimum atomic E-state index is 0.345. The first kappa shape index (κ1) is 12.7. The van der Waals surface area contributed by atoms with E-state index in [1.165, 1.54) is 0 Å². The number of anilines is 1. The molecule has 0 bridgehead atoms. The van der Waals surface area contributed by atoms with Gasteiger partial charge in [0.15, 0.2) is 0 Å². The second-order valence-electron chi connectivity index (χ2n) is 4.43. The summed E-state index contributed by atoms with van der Waals surface area (Å²) in [5.74, 6) is 0.345. The molecule has 17 heavy (non-hydrogen) atoms. The van der Waals surface area contributed by atoms with Crippen LogP contribution in [0.4, 0.5) is 5.69 Å². The van der Waals surface area contributed by atoms with Crippen molar-refractivity contribution in [2.45, 2.75) is 26.7 Å². The normalized spacial score (nSPS) is 11.4. The molecule has 4 heteroatoms. The lowest BCUT2D eigenvalue weighted by Gasteiger charge is -2.16. The van der Waals surface area contributed by atoms with Crippen molar-refractivity contribution in [3.63, 3.8) is 0 Å². The fraction of sp³-hybridized carbons (Fsp3) is 0.308. The number of fused-ring (bicyclic) bond motifs is 1. The van der Waals surface area contributed by atoms with Crippen LogP contribution in [0.15, 0.2) is 16.6 Å². The van der Waals surface area contributed by atoms with Crippen molar-refractivity contribution in [3.8, 4) is 0 Å².